The van der Waals surface area contributed by atoms with Crippen LogP contribution in [0.5, 0.6) is 5.75 Å². The summed E-state index contributed by atoms with van der Waals surface area (Å²) in [5, 5.41) is 1.28. The number of fused-ring (bicyclic) bond motifs is 1. The number of hydrogen-bond donors (Lipinski definition) is 2. The molecule has 0 aliphatic carbocycles. The van der Waals surface area contributed by atoms with Crippen molar-refractivity contribution in [2.24, 2.45) is 5.73 Å². The Kier molecular flexibility index (Phi) is 3.69. The number of nitrogens with one attached hydrogen (secondary N) is 1. The normalized spacial score (nSPS) is 11.0. The fourth-order valence-electron chi connectivity index (χ4n) is 2.26. The molecular formula is C14H20N2O. The van der Waals surface area contributed by atoms with Gasteiger partial charge in [-0.3, -0.25) is 0 Å². The first-order valence-electron chi connectivity index (χ1n) is 6.11. The first-order chi connectivity index (χ1) is 8.26. The smallest absolute Gasteiger partial charge is 0.119 e. The average molecular weight is 232 g/mol. The molecular weight excluding hydrogens is 212 g/mol. The molecule has 2 aromatic rings. The molecule has 3 nitrogen and oxygen atoms in total. The van der Waals surface area contributed by atoms with E-state index in [4.69, 9.17) is 10.5 Å². The lowest BCUT2D eigenvalue weighted by Gasteiger charge is -2.02. The highest BCUT2D eigenvalue weighted by atomic mass is 16.5. The number of benzene rings is 1. The summed E-state index contributed by atoms with van der Waals surface area (Å²) in [6.07, 6.45) is 3.30. The summed E-state index contributed by atoms with van der Waals surface area (Å²) in [5.74, 6) is 0.913. The summed E-state index contributed by atoms with van der Waals surface area (Å²) >= 11 is 0. The molecule has 17 heavy (non-hydrogen) atoms. The van der Waals surface area contributed by atoms with E-state index >= 15 is 0 Å². The summed E-state index contributed by atoms with van der Waals surface area (Å²) in [6, 6.07) is 6.17. The van der Waals surface area contributed by atoms with Crippen molar-refractivity contribution in [2.45, 2.75) is 26.2 Å². The standard InChI is InChI=1S/C14H20N2O/c1-10-12(5-3-4-8-15)13-9-11(17-2)6-7-14(13)16-10/h6-7,9,16H,3-5,8,15H2,1-2H3. The first-order valence-corrected chi connectivity index (χ1v) is 6.11. The van der Waals surface area contributed by atoms with Gasteiger partial charge in [0.05, 0.1) is 7.11 Å². The third-order valence-electron chi connectivity index (χ3n) is 3.21. The predicted molar refractivity (Wildman–Crippen MR) is 71.6 cm³/mol. The maximum Gasteiger partial charge on any atom is 0.119 e. The van der Waals surface area contributed by atoms with Crippen LogP contribution in [0.4, 0.5) is 0 Å². The number of H-pyrrole nitrogens is 1. The van der Waals surface area contributed by atoms with Gasteiger partial charge in [-0.05, 0) is 56.5 Å². The maximum absolute atomic E-state index is 5.54. The van der Waals surface area contributed by atoms with Crippen molar-refractivity contribution in [3.63, 3.8) is 0 Å². The molecule has 1 heterocycles. The van der Waals surface area contributed by atoms with E-state index in [0.29, 0.717) is 0 Å². The molecule has 0 radical (unpaired) electrons. The lowest BCUT2D eigenvalue weighted by molar-refractivity contribution is 0.415. The number of nitrogens with two attached hydrogens (primary N) is 1. The Balaban J connectivity index is 2.34. The number of rotatable bonds is 5. The molecule has 92 valence electrons. The van der Waals surface area contributed by atoms with E-state index in [1.54, 1.807) is 7.11 Å². The fraction of sp³-hybridized carbons (Fsp3) is 0.429. The van der Waals surface area contributed by atoms with E-state index in [2.05, 4.69) is 24.0 Å². The van der Waals surface area contributed by atoms with Crippen LogP contribution in [0.15, 0.2) is 18.2 Å². The Hall–Kier alpha value is -1.48. The number of aromatic amines is 1. The number of methoxy groups -OCH3 is 1. The van der Waals surface area contributed by atoms with Crippen LogP contribution in [0.2, 0.25) is 0 Å². The molecule has 0 atom stereocenters. The van der Waals surface area contributed by atoms with Crippen LogP contribution in [-0.2, 0) is 6.42 Å². The Labute approximate surface area is 102 Å². The SMILES string of the molecule is COc1ccc2[nH]c(C)c(CCCCN)c2c1. The van der Waals surface area contributed by atoms with E-state index in [1.165, 1.54) is 22.2 Å². The highest BCUT2D eigenvalue weighted by Crippen LogP contribution is 2.27. The lowest BCUT2D eigenvalue weighted by atomic mass is 10.0. The van der Waals surface area contributed by atoms with Gasteiger partial charge in [0.25, 0.3) is 0 Å². The average Bonchev–Trinajstić information content (AvgIpc) is 2.65. The third kappa shape index (κ3) is 2.44. The molecule has 0 amide bonds. The molecule has 0 aliphatic heterocycles. The number of aromatic nitrogens is 1. The topological polar surface area (TPSA) is 51.0 Å². The van der Waals surface area contributed by atoms with Gasteiger partial charge >= 0.3 is 0 Å². The van der Waals surface area contributed by atoms with E-state index in [0.717, 1.165) is 31.6 Å². The number of ether oxygens (including phenoxy) is 1. The van der Waals surface area contributed by atoms with Gasteiger partial charge in [-0.1, -0.05) is 0 Å². The summed E-state index contributed by atoms with van der Waals surface area (Å²) < 4.78 is 5.28. The Bertz CT molecular complexity index is 502. The Morgan fingerprint density at radius 2 is 2.12 bits per heavy atom. The zero-order valence-electron chi connectivity index (χ0n) is 10.5. The van der Waals surface area contributed by atoms with Crippen LogP contribution in [0.3, 0.4) is 0 Å². The second-order valence-electron chi connectivity index (χ2n) is 4.39. The van der Waals surface area contributed by atoms with Gasteiger partial charge in [0.1, 0.15) is 5.75 Å². The molecule has 0 fully saturated rings. The van der Waals surface area contributed by atoms with Crippen molar-refractivity contribution in [1.82, 2.24) is 4.98 Å². The minimum atomic E-state index is 0.769. The molecule has 3 N–H and O–H groups in total. The fourth-order valence-corrected chi connectivity index (χ4v) is 2.26. The minimum Gasteiger partial charge on any atom is -0.497 e. The van der Waals surface area contributed by atoms with Crippen LogP contribution < -0.4 is 10.5 Å². The van der Waals surface area contributed by atoms with E-state index in [9.17, 15) is 0 Å². The van der Waals surface area contributed by atoms with E-state index in [1.807, 2.05) is 6.07 Å². The summed E-state index contributed by atoms with van der Waals surface area (Å²) in [4.78, 5) is 3.42. The van der Waals surface area contributed by atoms with Crippen LogP contribution in [-0.4, -0.2) is 18.6 Å². The number of hydrogen-bond acceptors (Lipinski definition) is 2. The van der Waals surface area contributed by atoms with Crippen LogP contribution >= 0.6 is 0 Å². The van der Waals surface area contributed by atoms with Gasteiger partial charge in [-0.15, -0.1) is 0 Å². The second-order valence-corrected chi connectivity index (χ2v) is 4.39. The van der Waals surface area contributed by atoms with Gasteiger partial charge in [0, 0.05) is 16.6 Å². The quantitative estimate of drug-likeness (QED) is 0.779. The molecule has 3 heteroatoms. The predicted octanol–water partition coefficient (Wildman–Crippen LogP) is 2.77. The van der Waals surface area contributed by atoms with Crippen molar-refractivity contribution in [3.05, 3.63) is 29.5 Å². The molecule has 0 aliphatic rings. The van der Waals surface area contributed by atoms with Crippen molar-refractivity contribution in [2.75, 3.05) is 13.7 Å². The zero-order valence-corrected chi connectivity index (χ0v) is 10.5. The van der Waals surface area contributed by atoms with Crippen molar-refractivity contribution in [3.8, 4) is 5.75 Å². The molecule has 1 aromatic heterocycles. The van der Waals surface area contributed by atoms with Crippen molar-refractivity contribution in [1.29, 1.82) is 0 Å². The van der Waals surface area contributed by atoms with Crippen molar-refractivity contribution < 1.29 is 4.74 Å². The van der Waals surface area contributed by atoms with E-state index in [-0.39, 0.29) is 0 Å². The van der Waals surface area contributed by atoms with Crippen LogP contribution in [0.25, 0.3) is 10.9 Å². The summed E-state index contributed by atoms with van der Waals surface area (Å²) in [5.41, 5.74) is 9.37. The zero-order chi connectivity index (χ0) is 12.3. The number of unbranched alkanes of at least 4 members (excludes halogenated alkanes) is 1. The number of aryl methyl sites for hydroxylation is 2. The van der Waals surface area contributed by atoms with Gasteiger partial charge in [-0.2, -0.15) is 0 Å². The lowest BCUT2D eigenvalue weighted by Crippen LogP contribution is -1.99. The minimum absolute atomic E-state index is 0.769. The van der Waals surface area contributed by atoms with Gasteiger partial charge in [-0.25, -0.2) is 0 Å². The summed E-state index contributed by atoms with van der Waals surface area (Å²) in [6.45, 7) is 2.90. The largest absolute Gasteiger partial charge is 0.497 e. The Morgan fingerprint density at radius 3 is 2.82 bits per heavy atom. The van der Waals surface area contributed by atoms with Gasteiger partial charge in [0.15, 0.2) is 0 Å². The van der Waals surface area contributed by atoms with Gasteiger partial charge < -0.3 is 15.5 Å². The second kappa shape index (κ2) is 5.23. The maximum atomic E-state index is 5.54. The highest BCUT2D eigenvalue weighted by molar-refractivity contribution is 5.86. The molecule has 0 saturated heterocycles. The Morgan fingerprint density at radius 1 is 1.29 bits per heavy atom. The molecule has 0 unspecified atom stereocenters. The van der Waals surface area contributed by atoms with E-state index < -0.39 is 0 Å². The van der Waals surface area contributed by atoms with Crippen LogP contribution in [0, 0.1) is 6.92 Å². The highest BCUT2D eigenvalue weighted by Gasteiger charge is 2.08. The molecule has 0 saturated carbocycles. The summed E-state index contributed by atoms with van der Waals surface area (Å²) in [7, 11) is 1.70. The molecule has 0 spiro atoms. The first kappa shape index (κ1) is 12.0. The van der Waals surface area contributed by atoms with Gasteiger partial charge in [0.2, 0.25) is 0 Å². The van der Waals surface area contributed by atoms with Crippen LogP contribution in [0.1, 0.15) is 24.1 Å². The van der Waals surface area contributed by atoms with Crippen molar-refractivity contribution >= 4 is 10.9 Å². The monoisotopic (exact) mass is 232 g/mol. The third-order valence-corrected chi connectivity index (χ3v) is 3.21. The molecule has 0 bridgehead atoms. The molecule has 2 rings (SSSR count). The molecule has 1 aromatic carbocycles.